The SMILES string of the molecule is COc1cccc2c1CC(NC(=O)OCC(C)C)(C(=O)OC(C)(C)C)CC2. The Kier molecular flexibility index (Phi) is 6.39. The maximum absolute atomic E-state index is 13.1. The standard InChI is InChI=1S/C21H31NO5/c1-14(2)13-26-19(24)22-21(18(23)27-20(3,4)5)11-10-15-8-7-9-17(25-6)16(15)12-21/h7-9,14H,10-13H2,1-6H3,(H,22,24). The molecule has 0 radical (unpaired) electrons. The zero-order valence-electron chi connectivity index (χ0n) is 17.2. The lowest BCUT2D eigenvalue weighted by Gasteiger charge is -2.38. The number of esters is 1. The number of carbonyl (C=O) groups is 2. The molecule has 1 aromatic rings. The second-order valence-electron chi connectivity index (χ2n) is 8.48. The molecule has 1 N–H and O–H groups in total. The Morgan fingerprint density at radius 3 is 2.56 bits per heavy atom. The minimum absolute atomic E-state index is 0.209. The summed E-state index contributed by atoms with van der Waals surface area (Å²) >= 11 is 0. The quantitative estimate of drug-likeness (QED) is 0.793. The van der Waals surface area contributed by atoms with Crippen LogP contribution in [0.5, 0.6) is 5.75 Å². The molecule has 0 aromatic heterocycles. The number of ether oxygens (including phenoxy) is 3. The molecule has 27 heavy (non-hydrogen) atoms. The van der Waals surface area contributed by atoms with Gasteiger partial charge in [0.25, 0.3) is 0 Å². The molecule has 6 heteroatoms. The van der Waals surface area contributed by atoms with E-state index in [0.717, 1.165) is 11.1 Å². The Morgan fingerprint density at radius 2 is 1.96 bits per heavy atom. The van der Waals surface area contributed by atoms with Crippen LogP contribution in [0.25, 0.3) is 0 Å². The van der Waals surface area contributed by atoms with Crippen molar-refractivity contribution < 1.29 is 23.8 Å². The zero-order valence-corrected chi connectivity index (χ0v) is 17.2. The first kappa shape index (κ1) is 21.1. The minimum Gasteiger partial charge on any atom is -0.496 e. The molecule has 0 aliphatic heterocycles. The summed E-state index contributed by atoms with van der Waals surface area (Å²) in [6, 6.07) is 5.82. The van der Waals surface area contributed by atoms with Gasteiger partial charge in [0, 0.05) is 12.0 Å². The molecule has 0 spiro atoms. The van der Waals surface area contributed by atoms with E-state index >= 15 is 0 Å². The molecule has 0 saturated heterocycles. The van der Waals surface area contributed by atoms with Crippen molar-refractivity contribution in [1.82, 2.24) is 5.32 Å². The van der Waals surface area contributed by atoms with E-state index in [4.69, 9.17) is 14.2 Å². The Labute approximate surface area is 161 Å². The van der Waals surface area contributed by atoms with E-state index in [1.165, 1.54) is 0 Å². The van der Waals surface area contributed by atoms with Gasteiger partial charge in [0.15, 0.2) is 0 Å². The van der Waals surface area contributed by atoms with Gasteiger partial charge in [-0.15, -0.1) is 0 Å². The van der Waals surface area contributed by atoms with Crippen LogP contribution in [0.1, 0.15) is 52.2 Å². The Morgan fingerprint density at radius 1 is 1.26 bits per heavy atom. The molecule has 1 amide bonds. The van der Waals surface area contributed by atoms with Gasteiger partial charge in [-0.05, 0) is 51.2 Å². The van der Waals surface area contributed by atoms with Crippen molar-refractivity contribution in [2.45, 2.75) is 65.0 Å². The van der Waals surface area contributed by atoms with Gasteiger partial charge >= 0.3 is 12.1 Å². The van der Waals surface area contributed by atoms with E-state index in [-0.39, 0.29) is 12.5 Å². The zero-order chi connectivity index (χ0) is 20.2. The maximum atomic E-state index is 13.1. The lowest BCUT2D eigenvalue weighted by Crippen LogP contribution is -2.59. The molecule has 0 heterocycles. The molecule has 0 bridgehead atoms. The molecule has 0 saturated carbocycles. The Hall–Kier alpha value is -2.24. The fraction of sp³-hybridized carbons (Fsp3) is 0.619. The van der Waals surface area contributed by atoms with Crippen molar-refractivity contribution in [1.29, 1.82) is 0 Å². The molecular weight excluding hydrogens is 346 g/mol. The van der Waals surface area contributed by atoms with E-state index in [1.807, 2.05) is 52.8 Å². The number of methoxy groups -OCH3 is 1. The number of nitrogens with one attached hydrogen (secondary N) is 1. The van der Waals surface area contributed by atoms with Crippen LogP contribution in [0.4, 0.5) is 4.79 Å². The number of amides is 1. The third-order valence-corrected chi connectivity index (χ3v) is 4.43. The summed E-state index contributed by atoms with van der Waals surface area (Å²) in [4.78, 5) is 25.5. The van der Waals surface area contributed by atoms with Crippen LogP contribution >= 0.6 is 0 Å². The maximum Gasteiger partial charge on any atom is 0.408 e. The minimum atomic E-state index is -1.18. The summed E-state index contributed by atoms with van der Waals surface area (Å²) in [6.07, 6.45) is 0.778. The number of benzene rings is 1. The van der Waals surface area contributed by atoms with Crippen molar-refractivity contribution in [2.24, 2.45) is 5.92 Å². The van der Waals surface area contributed by atoms with Gasteiger partial charge in [-0.3, -0.25) is 0 Å². The third-order valence-electron chi connectivity index (χ3n) is 4.43. The highest BCUT2D eigenvalue weighted by Gasteiger charge is 2.46. The van der Waals surface area contributed by atoms with Gasteiger partial charge < -0.3 is 19.5 Å². The number of hydrogen-bond donors (Lipinski definition) is 1. The summed E-state index contributed by atoms with van der Waals surface area (Å²) in [5.41, 5.74) is 0.199. The molecule has 2 rings (SSSR count). The molecule has 1 atom stereocenters. The smallest absolute Gasteiger partial charge is 0.408 e. The largest absolute Gasteiger partial charge is 0.496 e. The van der Waals surface area contributed by atoms with Crippen molar-refractivity contribution in [3.63, 3.8) is 0 Å². The number of aryl methyl sites for hydroxylation is 1. The van der Waals surface area contributed by atoms with Crippen LogP contribution in [0.3, 0.4) is 0 Å². The van der Waals surface area contributed by atoms with Crippen molar-refractivity contribution in [2.75, 3.05) is 13.7 Å². The van der Waals surface area contributed by atoms with Crippen LogP contribution in [-0.2, 0) is 27.1 Å². The fourth-order valence-corrected chi connectivity index (χ4v) is 3.16. The summed E-state index contributed by atoms with van der Waals surface area (Å²) < 4.78 is 16.4. The lowest BCUT2D eigenvalue weighted by atomic mass is 9.77. The van der Waals surface area contributed by atoms with Crippen molar-refractivity contribution >= 4 is 12.1 Å². The fourth-order valence-electron chi connectivity index (χ4n) is 3.16. The van der Waals surface area contributed by atoms with Gasteiger partial charge in [0.05, 0.1) is 13.7 Å². The van der Waals surface area contributed by atoms with E-state index in [0.29, 0.717) is 25.0 Å². The number of hydrogen-bond acceptors (Lipinski definition) is 5. The molecule has 1 aliphatic rings. The molecule has 6 nitrogen and oxygen atoms in total. The average molecular weight is 377 g/mol. The lowest BCUT2D eigenvalue weighted by molar-refractivity contribution is -0.163. The van der Waals surface area contributed by atoms with Gasteiger partial charge in [0.1, 0.15) is 16.9 Å². The Bertz CT molecular complexity index is 678. The molecular formula is C21H31NO5. The first-order chi connectivity index (χ1) is 12.6. The van der Waals surface area contributed by atoms with Gasteiger partial charge in [0.2, 0.25) is 0 Å². The summed E-state index contributed by atoms with van der Waals surface area (Å²) in [7, 11) is 1.60. The van der Waals surface area contributed by atoms with Crippen molar-refractivity contribution in [3.8, 4) is 5.75 Å². The number of fused-ring (bicyclic) bond motifs is 1. The van der Waals surface area contributed by atoms with Crippen molar-refractivity contribution in [3.05, 3.63) is 29.3 Å². The predicted octanol–water partition coefficient (Wildman–Crippen LogP) is 3.65. The molecule has 0 fully saturated rings. The first-order valence-electron chi connectivity index (χ1n) is 9.39. The van der Waals surface area contributed by atoms with Crippen LogP contribution in [0.15, 0.2) is 18.2 Å². The van der Waals surface area contributed by atoms with Crippen LogP contribution < -0.4 is 10.1 Å². The Balaban J connectivity index is 2.33. The molecule has 150 valence electrons. The monoisotopic (exact) mass is 377 g/mol. The average Bonchev–Trinajstić information content (AvgIpc) is 2.57. The molecule has 1 aromatic carbocycles. The van der Waals surface area contributed by atoms with Gasteiger partial charge in [-0.25, -0.2) is 9.59 Å². The van der Waals surface area contributed by atoms with E-state index in [9.17, 15) is 9.59 Å². The third kappa shape index (κ3) is 5.37. The molecule has 1 unspecified atom stereocenters. The second-order valence-corrected chi connectivity index (χ2v) is 8.48. The predicted molar refractivity (Wildman–Crippen MR) is 103 cm³/mol. The second kappa shape index (κ2) is 8.19. The van der Waals surface area contributed by atoms with E-state index < -0.39 is 23.2 Å². The van der Waals surface area contributed by atoms with Gasteiger partial charge in [-0.1, -0.05) is 26.0 Å². The van der Waals surface area contributed by atoms with Crippen LogP contribution in [0.2, 0.25) is 0 Å². The summed E-state index contributed by atoms with van der Waals surface area (Å²) in [5.74, 6) is 0.464. The summed E-state index contributed by atoms with van der Waals surface area (Å²) in [5, 5.41) is 2.81. The molecule has 1 aliphatic carbocycles. The van der Waals surface area contributed by atoms with E-state index in [2.05, 4.69) is 5.32 Å². The van der Waals surface area contributed by atoms with Crippen LogP contribution in [-0.4, -0.2) is 36.9 Å². The first-order valence-corrected chi connectivity index (χ1v) is 9.39. The summed E-state index contributed by atoms with van der Waals surface area (Å²) in [6.45, 7) is 9.64. The highest BCUT2D eigenvalue weighted by Crippen LogP contribution is 2.36. The number of carbonyl (C=O) groups excluding carboxylic acids is 2. The van der Waals surface area contributed by atoms with E-state index in [1.54, 1.807) is 7.11 Å². The number of alkyl carbamates (subject to hydrolysis) is 1. The van der Waals surface area contributed by atoms with Gasteiger partial charge in [-0.2, -0.15) is 0 Å². The number of rotatable bonds is 5. The normalized spacial score (nSPS) is 19.2. The highest BCUT2D eigenvalue weighted by molar-refractivity contribution is 5.87. The topological polar surface area (TPSA) is 73.9 Å². The van der Waals surface area contributed by atoms with Crippen LogP contribution in [0, 0.1) is 5.92 Å². The highest BCUT2D eigenvalue weighted by atomic mass is 16.6.